The number of fused-ring (bicyclic) bond motifs is 1. The Bertz CT molecular complexity index is 429. The molecule has 2 rings (SSSR count). The summed E-state index contributed by atoms with van der Waals surface area (Å²) in [5, 5.41) is 1.10. The van der Waals surface area contributed by atoms with Crippen LogP contribution in [-0.2, 0) is 7.05 Å². The second-order valence-corrected chi connectivity index (χ2v) is 3.59. The van der Waals surface area contributed by atoms with Crippen LogP contribution in [0.5, 0.6) is 0 Å². The Labute approximate surface area is 77.4 Å². The van der Waals surface area contributed by atoms with Crippen LogP contribution in [0.1, 0.15) is 25.6 Å². The van der Waals surface area contributed by atoms with Crippen molar-refractivity contribution >= 4 is 11.0 Å². The topological polar surface area (TPSA) is 30.7 Å². The lowest BCUT2D eigenvalue weighted by molar-refractivity contribution is 0.775. The average Bonchev–Trinajstić information content (AvgIpc) is 2.47. The molecule has 0 unspecified atom stereocenters. The summed E-state index contributed by atoms with van der Waals surface area (Å²) >= 11 is 0. The fourth-order valence-electron chi connectivity index (χ4n) is 1.34. The molecule has 0 saturated carbocycles. The largest absolute Gasteiger partial charge is 0.335 e. The van der Waals surface area contributed by atoms with Crippen molar-refractivity contribution in [3.05, 3.63) is 24.3 Å². The van der Waals surface area contributed by atoms with Gasteiger partial charge in [-0.25, -0.2) is 9.97 Å². The van der Waals surface area contributed by atoms with Crippen molar-refractivity contribution in [1.29, 1.82) is 0 Å². The molecule has 0 amide bonds. The van der Waals surface area contributed by atoms with Crippen molar-refractivity contribution in [2.75, 3.05) is 0 Å². The van der Waals surface area contributed by atoms with Gasteiger partial charge in [0.1, 0.15) is 11.5 Å². The molecular formula is C10H13N3. The summed E-state index contributed by atoms with van der Waals surface area (Å²) < 4.78 is 2.02. The third kappa shape index (κ3) is 1.30. The van der Waals surface area contributed by atoms with Gasteiger partial charge in [-0.15, -0.1) is 0 Å². The lowest BCUT2D eigenvalue weighted by atomic mass is 10.2. The molecule has 0 aliphatic heterocycles. The molecule has 13 heavy (non-hydrogen) atoms. The predicted octanol–water partition coefficient (Wildman–Crippen LogP) is 2.09. The summed E-state index contributed by atoms with van der Waals surface area (Å²) in [5.74, 6) is 1.30. The molecule has 0 atom stereocenters. The molecule has 0 spiro atoms. The van der Waals surface area contributed by atoms with Gasteiger partial charge in [-0.05, 0) is 6.07 Å². The van der Waals surface area contributed by atoms with Crippen molar-refractivity contribution in [1.82, 2.24) is 14.5 Å². The van der Waals surface area contributed by atoms with E-state index in [4.69, 9.17) is 0 Å². The predicted molar refractivity (Wildman–Crippen MR) is 52.6 cm³/mol. The van der Waals surface area contributed by atoms with E-state index in [1.54, 1.807) is 0 Å². The molecule has 0 radical (unpaired) electrons. The molecule has 2 aromatic heterocycles. The summed E-state index contributed by atoms with van der Waals surface area (Å²) in [6, 6.07) is 2.03. The highest BCUT2D eigenvalue weighted by Crippen LogP contribution is 2.14. The first kappa shape index (κ1) is 8.23. The zero-order valence-corrected chi connectivity index (χ0v) is 8.15. The fraction of sp³-hybridized carbons (Fsp3) is 0.400. The van der Waals surface area contributed by atoms with E-state index in [0.29, 0.717) is 5.92 Å². The molecule has 2 heterocycles. The van der Waals surface area contributed by atoms with Gasteiger partial charge in [-0.3, -0.25) is 0 Å². The lowest BCUT2D eigenvalue weighted by Gasteiger charge is -2.03. The van der Waals surface area contributed by atoms with Crippen LogP contribution in [0.2, 0.25) is 0 Å². The third-order valence-electron chi connectivity index (χ3n) is 2.14. The Balaban J connectivity index is 2.66. The highest BCUT2D eigenvalue weighted by molar-refractivity contribution is 5.74. The van der Waals surface area contributed by atoms with E-state index in [0.717, 1.165) is 16.9 Å². The number of aryl methyl sites for hydroxylation is 1. The summed E-state index contributed by atoms with van der Waals surface area (Å²) in [6.07, 6.45) is 3.89. The maximum atomic E-state index is 4.49. The highest BCUT2D eigenvalue weighted by Gasteiger charge is 2.05. The van der Waals surface area contributed by atoms with Gasteiger partial charge in [0.2, 0.25) is 0 Å². The first-order valence-electron chi connectivity index (χ1n) is 4.46. The monoisotopic (exact) mass is 175 g/mol. The minimum Gasteiger partial charge on any atom is -0.335 e. The number of aromatic nitrogens is 3. The second kappa shape index (κ2) is 2.83. The summed E-state index contributed by atoms with van der Waals surface area (Å²) in [4.78, 5) is 8.78. The van der Waals surface area contributed by atoms with Crippen LogP contribution in [0.15, 0.2) is 18.5 Å². The maximum Gasteiger partial charge on any atom is 0.143 e. The molecule has 0 aliphatic rings. The van der Waals surface area contributed by atoms with Crippen molar-refractivity contribution < 1.29 is 0 Å². The van der Waals surface area contributed by atoms with Crippen LogP contribution in [0, 0.1) is 0 Å². The lowest BCUT2D eigenvalue weighted by Crippen LogP contribution is -1.98. The molecule has 3 nitrogen and oxygen atoms in total. The molecular weight excluding hydrogens is 162 g/mol. The molecule has 0 fully saturated rings. The van der Waals surface area contributed by atoms with Gasteiger partial charge in [-0.1, -0.05) is 13.8 Å². The average molecular weight is 175 g/mol. The Morgan fingerprint density at radius 2 is 2.15 bits per heavy atom. The molecule has 3 heteroatoms. The van der Waals surface area contributed by atoms with Gasteiger partial charge in [0.25, 0.3) is 0 Å². The molecule has 0 bridgehead atoms. The Kier molecular flexibility index (Phi) is 1.79. The number of hydrogen-bond donors (Lipinski definition) is 0. The Morgan fingerprint density at radius 3 is 2.85 bits per heavy atom. The van der Waals surface area contributed by atoms with Gasteiger partial charge >= 0.3 is 0 Å². The normalized spacial score (nSPS) is 11.4. The minimum atomic E-state index is 0.388. The molecule has 2 aromatic rings. The van der Waals surface area contributed by atoms with Gasteiger partial charge < -0.3 is 4.57 Å². The SMILES string of the molecule is CC(C)c1ncc2ccn(C)c2n1. The van der Waals surface area contributed by atoms with Crippen LogP contribution in [0.3, 0.4) is 0 Å². The van der Waals surface area contributed by atoms with Crippen molar-refractivity contribution in [3.63, 3.8) is 0 Å². The van der Waals surface area contributed by atoms with Crippen LogP contribution >= 0.6 is 0 Å². The van der Waals surface area contributed by atoms with Crippen LogP contribution in [-0.4, -0.2) is 14.5 Å². The highest BCUT2D eigenvalue weighted by atomic mass is 15.0. The quantitative estimate of drug-likeness (QED) is 0.664. The van der Waals surface area contributed by atoms with Crippen LogP contribution < -0.4 is 0 Å². The zero-order chi connectivity index (χ0) is 9.42. The van der Waals surface area contributed by atoms with E-state index in [1.807, 2.05) is 30.1 Å². The van der Waals surface area contributed by atoms with E-state index in [2.05, 4.69) is 23.8 Å². The molecule has 68 valence electrons. The van der Waals surface area contributed by atoms with E-state index in [-0.39, 0.29) is 0 Å². The van der Waals surface area contributed by atoms with Gasteiger partial charge in [0.15, 0.2) is 0 Å². The third-order valence-corrected chi connectivity index (χ3v) is 2.14. The summed E-state index contributed by atoms with van der Waals surface area (Å²) in [5.41, 5.74) is 1.01. The summed E-state index contributed by atoms with van der Waals surface area (Å²) in [7, 11) is 2.00. The van der Waals surface area contributed by atoms with Gasteiger partial charge in [-0.2, -0.15) is 0 Å². The first-order chi connectivity index (χ1) is 6.18. The molecule has 0 aromatic carbocycles. The maximum absolute atomic E-state index is 4.49. The van der Waals surface area contributed by atoms with E-state index >= 15 is 0 Å². The zero-order valence-electron chi connectivity index (χ0n) is 8.15. The van der Waals surface area contributed by atoms with Gasteiger partial charge in [0.05, 0.1) is 0 Å². The Morgan fingerprint density at radius 1 is 1.38 bits per heavy atom. The minimum absolute atomic E-state index is 0.388. The Hall–Kier alpha value is -1.38. The first-order valence-corrected chi connectivity index (χ1v) is 4.46. The molecule has 0 aliphatic carbocycles. The van der Waals surface area contributed by atoms with Crippen molar-refractivity contribution in [2.24, 2.45) is 7.05 Å². The van der Waals surface area contributed by atoms with E-state index in [1.165, 1.54) is 0 Å². The van der Waals surface area contributed by atoms with Gasteiger partial charge in [0, 0.05) is 30.7 Å². The van der Waals surface area contributed by atoms with Crippen LogP contribution in [0.25, 0.3) is 11.0 Å². The molecule has 0 saturated heterocycles. The summed E-state index contributed by atoms with van der Waals surface area (Å²) in [6.45, 7) is 4.20. The van der Waals surface area contributed by atoms with E-state index in [9.17, 15) is 0 Å². The van der Waals surface area contributed by atoms with Crippen molar-refractivity contribution in [2.45, 2.75) is 19.8 Å². The molecule has 0 N–H and O–H groups in total. The second-order valence-electron chi connectivity index (χ2n) is 3.59. The van der Waals surface area contributed by atoms with Crippen LogP contribution in [0.4, 0.5) is 0 Å². The standard InChI is InChI=1S/C10H13N3/c1-7(2)9-11-6-8-4-5-13(3)10(8)12-9/h4-7H,1-3H3. The fourth-order valence-corrected chi connectivity index (χ4v) is 1.34. The van der Waals surface area contributed by atoms with Crippen molar-refractivity contribution in [3.8, 4) is 0 Å². The van der Waals surface area contributed by atoms with E-state index < -0.39 is 0 Å². The number of nitrogens with zero attached hydrogens (tertiary/aromatic N) is 3. The number of hydrogen-bond acceptors (Lipinski definition) is 2. The number of rotatable bonds is 1. The smallest absolute Gasteiger partial charge is 0.143 e.